The van der Waals surface area contributed by atoms with Gasteiger partial charge in [0, 0.05) is 13.1 Å². The summed E-state index contributed by atoms with van der Waals surface area (Å²) in [5.74, 6) is 0.715. The van der Waals surface area contributed by atoms with Gasteiger partial charge >= 0.3 is 5.97 Å². The monoisotopic (exact) mass is 251 g/mol. The maximum Gasteiger partial charge on any atom is 0.306 e. The highest BCUT2D eigenvalue weighted by Gasteiger charge is 2.05. The van der Waals surface area contributed by atoms with E-state index in [-0.39, 0.29) is 5.97 Å². The molecule has 0 unspecified atom stereocenters. The lowest BCUT2D eigenvalue weighted by atomic mass is 10.2. The Morgan fingerprint density at radius 3 is 2.50 bits per heavy atom. The van der Waals surface area contributed by atoms with E-state index in [2.05, 4.69) is 9.64 Å². The van der Waals surface area contributed by atoms with Crippen LogP contribution in [0.5, 0.6) is 5.75 Å². The van der Waals surface area contributed by atoms with Gasteiger partial charge in [0.2, 0.25) is 0 Å². The first-order valence-electron chi connectivity index (χ1n) is 6.12. The van der Waals surface area contributed by atoms with Gasteiger partial charge in [-0.05, 0) is 31.7 Å². The summed E-state index contributed by atoms with van der Waals surface area (Å²) in [7, 11) is 3.40. The SMILES string of the molecule is CCOc1ccc(CN(C)CCC(=O)OC)cc1. The summed E-state index contributed by atoms with van der Waals surface area (Å²) in [5, 5.41) is 0. The number of benzene rings is 1. The van der Waals surface area contributed by atoms with Gasteiger partial charge in [0.25, 0.3) is 0 Å². The summed E-state index contributed by atoms with van der Waals surface area (Å²) in [5.41, 5.74) is 1.20. The van der Waals surface area contributed by atoms with Crippen molar-refractivity contribution in [3.05, 3.63) is 29.8 Å². The molecule has 1 aromatic carbocycles. The van der Waals surface area contributed by atoms with E-state index in [1.54, 1.807) is 0 Å². The van der Waals surface area contributed by atoms with Crippen LogP contribution in [-0.4, -0.2) is 38.2 Å². The first kappa shape index (κ1) is 14.5. The number of carbonyl (C=O) groups is 1. The third-order valence-electron chi connectivity index (χ3n) is 2.61. The van der Waals surface area contributed by atoms with E-state index in [9.17, 15) is 4.79 Å². The summed E-state index contributed by atoms with van der Waals surface area (Å²) < 4.78 is 10.00. The van der Waals surface area contributed by atoms with E-state index in [4.69, 9.17) is 4.74 Å². The normalized spacial score (nSPS) is 10.4. The lowest BCUT2D eigenvalue weighted by molar-refractivity contribution is -0.140. The molecule has 0 aromatic heterocycles. The minimum atomic E-state index is -0.173. The lowest BCUT2D eigenvalue weighted by Gasteiger charge is -2.16. The Morgan fingerprint density at radius 2 is 1.94 bits per heavy atom. The fourth-order valence-electron chi connectivity index (χ4n) is 1.63. The van der Waals surface area contributed by atoms with Gasteiger partial charge in [0.05, 0.1) is 20.1 Å². The summed E-state index contributed by atoms with van der Waals surface area (Å²) in [6.45, 7) is 4.15. The zero-order valence-electron chi connectivity index (χ0n) is 11.3. The maximum absolute atomic E-state index is 11.0. The smallest absolute Gasteiger partial charge is 0.306 e. The molecule has 0 amide bonds. The van der Waals surface area contributed by atoms with Gasteiger partial charge in [0.15, 0.2) is 0 Å². The average Bonchev–Trinajstić information content (AvgIpc) is 2.38. The summed E-state index contributed by atoms with van der Waals surface area (Å²) in [6.07, 6.45) is 0.421. The van der Waals surface area contributed by atoms with Gasteiger partial charge in [-0.1, -0.05) is 12.1 Å². The number of esters is 1. The van der Waals surface area contributed by atoms with Crippen molar-refractivity contribution < 1.29 is 14.3 Å². The third kappa shape index (κ3) is 5.19. The van der Waals surface area contributed by atoms with Crippen molar-refractivity contribution in [3.8, 4) is 5.75 Å². The average molecular weight is 251 g/mol. The van der Waals surface area contributed by atoms with Crippen molar-refractivity contribution in [2.75, 3.05) is 27.3 Å². The van der Waals surface area contributed by atoms with Gasteiger partial charge < -0.3 is 14.4 Å². The predicted octanol–water partition coefficient (Wildman–Crippen LogP) is 2.08. The van der Waals surface area contributed by atoms with Gasteiger partial charge in [-0.15, -0.1) is 0 Å². The zero-order chi connectivity index (χ0) is 13.4. The molecule has 0 atom stereocenters. The van der Waals surface area contributed by atoms with Crippen LogP contribution in [0, 0.1) is 0 Å². The van der Waals surface area contributed by atoms with Crippen LogP contribution in [0.25, 0.3) is 0 Å². The van der Waals surface area contributed by atoms with Crippen LogP contribution < -0.4 is 4.74 Å². The van der Waals surface area contributed by atoms with Crippen LogP contribution in [0.15, 0.2) is 24.3 Å². The number of hydrogen-bond acceptors (Lipinski definition) is 4. The molecule has 0 saturated carbocycles. The second-order valence-corrected chi connectivity index (χ2v) is 4.14. The third-order valence-corrected chi connectivity index (χ3v) is 2.61. The molecule has 4 nitrogen and oxygen atoms in total. The van der Waals surface area contributed by atoms with Crippen molar-refractivity contribution in [3.63, 3.8) is 0 Å². The molecule has 0 heterocycles. The van der Waals surface area contributed by atoms with Crippen molar-refractivity contribution in [2.45, 2.75) is 19.9 Å². The van der Waals surface area contributed by atoms with Gasteiger partial charge in [-0.25, -0.2) is 0 Å². The maximum atomic E-state index is 11.0. The topological polar surface area (TPSA) is 38.8 Å². The number of methoxy groups -OCH3 is 1. The Bertz CT molecular complexity index is 362. The molecule has 0 spiro atoms. The Labute approximate surface area is 108 Å². The summed E-state index contributed by atoms with van der Waals surface area (Å²) >= 11 is 0. The van der Waals surface area contributed by atoms with Crippen LogP contribution in [0.1, 0.15) is 18.9 Å². The van der Waals surface area contributed by atoms with E-state index < -0.39 is 0 Å². The molecule has 0 saturated heterocycles. The molecule has 0 radical (unpaired) electrons. The molecule has 0 fully saturated rings. The molecule has 18 heavy (non-hydrogen) atoms. The Kier molecular flexibility index (Phi) is 6.22. The fraction of sp³-hybridized carbons (Fsp3) is 0.500. The highest BCUT2D eigenvalue weighted by atomic mass is 16.5. The zero-order valence-corrected chi connectivity index (χ0v) is 11.3. The number of ether oxygens (including phenoxy) is 2. The number of nitrogens with zero attached hydrogens (tertiary/aromatic N) is 1. The fourth-order valence-corrected chi connectivity index (χ4v) is 1.63. The van der Waals surface area contributed by atoms with Crippen LogP contribution >= 0.6 is 0 Å². The first-order valence-corrected chi connectivity index (χ1v) is 6.12. The number of hydrogen-bond donors (Lipinski definition) is 0. The number of carbonyl (C=O) groups excluding carboxylic acids is 1. The Morgan fingerprint density at radius 1 is 1.28 bits per heavy atom. The quantitative estimate of drug-likeness (QED) is 0.695. The highest BCUT2D eigenvalue weighted by Crippen LogP contribution is 2.13. The van der Waals surface area contributed by atoms with Gasteiger partial charge in [0.1, 0.15) is 5.75 Å². The van der Waals surface area contributed by atoms with E-state index in [1.165, 1.54) is 12.7 Å². The molecule has 0 N–H and O–H groups in total. The predicted molar refractivity (Wildman–Crippen MR) is 70.6 cm³/mol. The lowest BCUT2D eigenvalue weighted by Crippen LogP contribution is -2.21. The molecule has 1 aromatic rings. The molecule has 0 bridgehead atoms. The summed E-state index contributed by atoms with van der Waals surface area (Å²) in [6, 6.07) is 8.01. The number of rotatable bonds is 7. The Hall–Kier alpha value is -1.55. The van der Waals surface area contributed by atoms with Crippen molar-refractivity contribution in [1.29, 1.82) is 0 Å². The largest absolute Gasteiger partial charge is 0.494 e. The first-order chi connectivity index (χ1) is 8.65. The standard InChI is InChI=1S/C14H21NO3/c1-4-18-13-7-5-12(6-8-13)11-15(2)10-9-14(16)17-3/h5-8H,4,9-11H2,1-3H3. The van der Waals surface area contributed by atoms with Crippen molar-refractivity contribution in [2.24, 2.45) is 0 Å². The second kappa shape index (κ2) is 7.71. The molecule has 4 heteroatoms. The molecular weight excluding hydrogens is 230 g/mol. The molecule has 0 aliphatic rings. The summed E-state index contributed by atoms with van der Waals surface area (Å²) in [4.78, 5) is 13.1. The van der Waals surface area contributed by atoms with E-state index >= 15 is 0 Å². The van der Waals surface area contributed by atoms with Crippen LogP contribution in [-0.2, 0) is 16.1 Å². The minimum absolute atomic E-state index is 0.173. The van der Waals surface area contributed by atoms with E-state index in [0.717, 1.165) is 12.3 Å². The molecule has 1 rings (SSSR count). The minimum Gasteiger partial charge on any atom is -0.494 e. The molecule has 100 valence electrons. The van der Waals surface area contributed by atoms with Crippen LogP contribution in [0.3, 0.4) is 0 Å². The van der Waals surface area contributed by atoms with E-state index in [0.29, 0.717) is 19.6 Å². The second-order valence-electron chi connectivity index (χ2n) is 4.14. The van der Waals surface area contributed by atoms with Crippen molar-refractivity contribution in [1.82, 2.24) is 4.90 Å². The van der Waals surface area contributed by atoms with E-state index in [1.807, 2.05) is 38.2 Å². The molecule has 0 aliphatic carbocycles. The van der Waals surface area contributed by atoms with Crippen LogP contribution in [0.2, 0.25) is 0 Å². The van der Waals surface area contributed by atoms with Crippen LogP contribution in [0.4, 0.5) is 0 Å². The van der Waals surface area contributed by atoms with Gasteiger partial charge in [-0.2, -0.15) is 0 Å². The molecular formula is C14H21NO3. The molecule has 0 aliphatic heterocycles. The highest BCUT2D eigenvalue weighted by molar-refractivity contribution is 5.69. The van der Waals surface area contributed by atoms with Gasteiger partial charge in [-0.3, -0.25) is 4.79 Å². The Balaban J connectivity index is 2.39. The van der Waals surface area contributed by atoms with Crippen molar-refractivity contribution >= 4 is 5.97 Å².